The van der Waals surface area contributed by atoms with Crippen LogP contribution in [0.15, 0.2) is 35.4 Å². The van der Waals surface area contributed by atoms with Crippen LogP contribution in [-0.2, 0) is 11.2 Å². The van der Waals surface area contributed by atoms with E-state index in [4.69, 9.17) is 12.2 Å². The summed E-state index contributed by atoms with van der Waals surface area (Å²) < 4.78 is 0.643. The molecule has 0 spiro atoms. The average molecular weight is 264 g/mol. The van der Waals surface area contributed by atoms with E-state index in [0.29, 0.717) is 22.2 Å². The van der Waals surface area contributed by atoms with E-state index in [2.05, 4.69) is 4.98 Å². The molecule has 0 aromatic carbocycles. The first-order valence-corrected chi connectivity index (χ1v) is 6.58. The van der Waals surface area contributed by atoms with E-state index in [9.17, 15) is 4.79 Å². The fourth-order valence-electron chi connectivity index (χ4n) is 1.53. The number of thiocarbonyl (C=S) groups is 1. The van der Waals surface area contributed by atoms with E-state index in [1.165, 1.54) is 11.8 Å². The fraction of sp³-hybridized carbons (Fsp3) is 0.250. The second-order valence-corrected chi connectivity index (χ2v) is 5.19. The van der Waals surface area contributed by atoms with E-state index in [-0.39, 0.29) is 5.91 Å². The van der Waals surface area contributed by atoms with Crippen LogP contribution in [0.1, 0.15) is 12.6 Å². The Balaban J connectivity index is 2.09. The molecule has 0 unspecified atom stereocenters. The highest BCUT2D eigenvalue weighted by atomic mass is 32.2. The van der Waals surface area contributed by atoms with Crippen LogP contribution in [0.25, 0.3) is 0 Å². The summed E-state index contributed by atoms with van der Waals surface area (Å²) in [4.78, 5) is 18.4. The van der Waals surface area contributed by atoms with Crippen LogP contribution in [0, 0.1) is 0 Å². The number of thioether (sulfide) groups is 1. The lowest BCUT2D eigenvalue weighted by molar-refractivity contribution is -0.122. The molecule has 88 valence electrons. The van der Waals surface area contributed by atoms with Crippen molar-refractivity contribution in [2.24, 2.45) is 0 Å². The predicted octanol–water partition coefficient (Wildman–Crippen LogP) is 2.39. The highest BCUT2D eigenvalue weighted by molar-refractivity contribution is 8.26. The van der Waals surface area contributed by atoms with Gasteiger partial charge < -0.3 is 0 Å². The molecule has 1 saturated heterocycles. The van der Waals surface area contributed by atoms with Gasteiger partial charge in [-0.25, -0.2) is 0 Å². The van der Waals surface area contributed by atoms with Crippen molar-refractivity contribution >= 4 is 34.2 Å². The quantitative estimate of drug-likeness (QED) is 0.620. The first-order chi connectivity index (χ1) is 8.22. The van der Waals surface area contributed by atoms with Gasteiger partial charge in [0.05, 0.1) is 4.91 Å². The molecule has 1 fully saturated rings. The molecule has 0 bridgehead atoms. The van der Waals surface area contributed by atoms with E-state index in [1.54, 1.807) is 11.1 Å². The summed E-state index contributed by atoms with van der Waals surface area (Å²) in [6.07, 6.45) is 4.31. The first kappa shape index (κ1) is 12.3. The summed E-state index contributed by atoms with van der Waals surface area (Å²) in [5, 5.41) is 0. The zero-order chi connectivity index (χ0) is 12.3. The third kappa shape index (κ3) is 2.73. The van der Waals surface area contributed by atoms with Gasteiger partial charge in [-0.05, 0) is 19.1 Å². The zero-order valence-electron chi connectivity index (χ0n) is 9.42. The maximum atomic E-state index is 11.9. The molecule has 2 heterocycles. The Morgan fingerprint density at radius 1 is 1.53 bits per heavy atom. The molecular formula is C12H12N2OS2. The van der Waals surface area contributed by atoms with Crippen LogP contribution in [0.2, 0.25) is 0 Å². The number of hydrogen-bond donors (Lipinski definition) is 0. The van der Waals surface area contributed by atoms with Crippen molar-refractivity contribution in [3.63, 3.8) is 0 Å². The number of allylic oxidation sites excluding steroid dienone is 1. The van der Waals surface area contributed by atoms with Gasteiger partial charge in [0.1, 0.15) is 4.32 Å². The van der Waals surface area contributed by atoms with Crippen molar-refractivity contribution in [2.45, 2.75) is 13.3 Å². The molecule has 3 nitrogen and oxygen atoms in total. The summed E-state index contributed by atoms with van der Waals surface area (Å²) in [7, 11) is 0. The molecule has 1 aliphatic heterocycles. The Kier molecular flexibility index (Phi) is 3.91. The maximum Gasteiger partial charge on any atom is 0.265 e. The van der Waals surface area contributed by atoms with Gasteiger partial charge in [-0.3, -0.25) is 14.7 Å². The summed E-state index contributed by atoms with van der Waals surface area (Å²) in [5.74, 6) is 0.0124. The molecule has 1 aliphatic rings. The molecule has 0 aliphatic carbocycles. The third-order valence-corrected chi connectivity index (χ3v) is 3.84. The lowest BCUT2D eigenvalue weighted by atomic mass is 10.2. The van der Waals surface area contributed by atoms with Gasteiger partial charge in [-0.1, -0.05) is 36.1 Å². The Hall–Kier alpha value is -1.20. The van der Waals surface area contributed by atoms with E-state index in [1.807, 2.05) is 31.2 Å². The number of nitrogens with zero attached hydrogens (tertiary/aromatic N) is 2. The van der Waals surface area contributed by atoms with Crippen LogP contribution in [0.4, 0.5) is 0 Å². The van der Waals surface area contributed by atoms with Crippen LogP contribution in [-0.4, -0.2) is 26.7 Å². The van der Waals surface area contributed by atoms with Crippen molar-refractivity contribution in [3.8, 4) is 0 Å². The molecule has 2 rings (SSSR count). The maximum absolute atomic E-state index is 11.9. The summed E-state index contributed by atoms with van der Waals surface area (Å²) in [5.41, 5.74) is 0.953. The zero-order valence-corrected chi connectivity index (χ0v) is 11.1. The van der Waals surface area contributed by atoms with Crippen molar-refractivity contribution < 1.29 is 4.79 Å². The second kappa shape index (κ2) is 5.42. The number of rotatable bonds is 3. The van der Waals surface area contributed by atoms with E-state index in [0.717, 1.165) is 5.69 Å². The lowest BCUT2D eigenvalue weighted by Gasteiger charge is -2.09. The standard InChI is InChI=1S/C12H12N2OS2/c1-2-14-11(15)10(17-12(14)16)7-6-9-5-3-4-8-13-9/h3-5,7-8H,2,6H2,1H3/b10-7+. The van der Waals surface area contributed by atoms with Crippen LogP contribution in [0.3, 0.4) is 0 Å². The number of carbonyl (C=O) groups excluding carboxylic acids is 1. The minimum atomic E-state index is 0.0124. The van der Waals surface area contributed by atoms with Gasteiger partial charge in [0.25, 0.3) is 5.91 Å². The van der Waals surface area contributed by atoms with Crippen molar-refractivity contribution in [1.29, 1.82) is 0 Å². The number of carbonyl (C=O) groups is 1. The molecular weight excluding hydrogens is 252 g/mol. The molecule has 1 amide bonds. The number of hydrogen-bond acceptors (Lipinski definition) is 4. The number of amides is 1. The van der Waals surface area contributed by atoms with Crippen LogP contribution >= 0.6 is 24.0 Å². The van der Waals surface area contributed by atoms with Gasteiger partial charge in [0, 0.05) is 24.9 Å². The average Bonchev–Trinajstić information content (AvgIpc) is 2.63. The Labute approximate surface area is 110 Å². The minimum Gasteiger partial charge on any atom is -0.293 e. The molecule has 0 radical (unpaired) electrons. The van der Waals surface area contributed by atoms with Gasteiger partial charge in [0.15, 0.2) is 0 Å². The van der Waals surface area contributed by atoms with E-state index < -0.39 is 0 Å². The molecule has 1 aromatic rings. The van der Waals surface area contributed by atoms with E-state index >= 15 is 0 Å². The number of pyridine rings is 1. The van der Waals surface area contributed by atoms with Crippen molar-refractivity contribution in [2.75, 3.05) is 6.54 Å². The number of likely N-dealkylation sites (N-methyl/N-ethyl adjacent to an activating group) is 1. The summed E-state index contributed by atoms with van der Waals surface area (Å²) in [6, 6.07) is 5.75. The smallest absolute Gasteiger partial charge is 0.265 e. The third-order valence-electron chi connectivity index (χ3n) is 2.41. The highest BCUT2D eigenvalue weighted by Crippen LogP contribution is 2.30. The molecule has 17 heavy (non-hydrogen) atoms. The molecule has 0 atom stereocenters. The molecule has 0 saturated carbocycles. The highest BCUT2D eigenvalue weighted by Gasteiger charge is 2.30. The SMILES string of the molecule is CCN1C(=O)/C(=C\Cc2ccccn2)SC1=S. The van der Waals surface area contributed by atoms with Crippen LogP contribution in [0.5, 0.6) is 0 Å². The second-order valence-electron chi connectivity index (χ2n) is 3.51. The minimum absolute atomic E-state index is 0.0124. The monoisotopic (exact) mass is 264 g/mol. The Bertz CT molecular complexity index is 471. The molecule has 0 N–H and O–H groups in total. The first-order valence-electron chi connectivity index (χ1n) is 5.36. The fourth-order valence-corrected chi connectivity index (χ4v) is 2.88. The van der Waals surface area contributed by atoms with Gasteiger partial charge in [-0.15, -0.1) is 0 Å². The Morgan fingerprint density at radius 3 is 2.94 bits per heavy atom. The van der Waals surface area contributed by atoms with Gasteiger partial charge in [-0.2, -0.15) is 0 Å². The van der Waals surface area contributed by atoms with Crippen molar-refractivity contribution in [1.82, 2.24) is 9.88 Å². The normalized spacial score (nSPS) is 18.2. The summed E-state index contributed by atoms with van der Waals surface area (Å²) >= 11 is 6.50. The topological polar surface area (TPSA) is 33.2 Å². The van der Waals surface area contributed by atoms with Crippen LogP contribution < -0.4 is 0 Å². The predicted molar refractivity (Wildman–Crippen MR) is 73.6 cm³/mol. The molecule has 1 aromatic heterocycles. The van der Waals surface area contributed by atoms with Gasteiger partial charge >= 0.3 is 0 Å². The largest absolute Gasteiger partial charge is 0.293 e. The van der Waals surface area contributed by atoms with Crippen molar-refractivity contribution in [3.05, 3.63) is 41.1 Å². The molecule has 5 heteroatoms. The van der Waals surface area contributed by atoms with Gasteiger partial charge in [0.2, 0.25) is 0 Å². The summed E-state index contributed by atoms with van der Waals surface area (Å²) in [6.45, 7) is 2.55. The Morgan fingerprint density at radius 2 is 2.35 bits per heavy atom. The number of aromatic nitrogens is 1. The lowest BCUT2D eigenvalue weighted by Crippen LogP contribution is -2.27.